The fraction of sp³-hybridized carbons (Fsp3) is 0.647. The number of ether oxygens (including phenoxy) is 1. The number of nitrogens with one attached hydrogen (secondary N) is 1. The number of carbonyl (C=O) groups is 2. The van der Waals surface area contributed by atoms with E-state index in [0.717, 1.165) is 25.1 Å². The van der Waals surface area contributed by atoms with E-state index in [1.54, 1.807) is 22.8 Å². The summed E-state index contributed by atoms with van der Waals surface area (Å²) in [5.41, 5.74) is 1.14. The van der Waals surface area contributed by atoms with Crippen LogP contribution in [0.25, 0.3) is 0 Å². The number of rotatable bonds is 6. The highest BCUT2D eigenvalue weighted by Crippen LogP contribution is 2.11. The van der Waals surface area contributed by atoms with Crippen LogP contribution in [0.4, 0.5) is 10.7 Å². The normalized spacial score (nSPS) is 14.4. The Labute approximate surface area is 148 Å². The Morgan fingerprint density at radius 3 is 2.48 bits per heavy atom. The van der Waals surface area contributed by atoms with Crippen molar-refractivity contribution in [3.05, 3.63) is 17.5 Å². The number of unbranched alkanes of at least 4 members (excludes halogenated alkanes) is 1. The summed E-state index contributed by atoms with van der Waals surface area (Å²) in [4.78, 5) is 36.4. The lowest BCUT2D eigenvalue weighted by Gasteiger charge is -2.33. The van der Waals surface area contributed by atoms with Crippen LogP contribution in [0, 0.1) is 6.92 Å². The molecule has 25 heavy (non-hydrogen) atoms. The molecule has 0 aromatic carbocycles. The van der Waals surface area contributed by atoms with Crippen LogP contribution in [-0.2, 0) is 4.74 Å². The maximum Gasteiger partial charge on any atom is 0.409 e. The fourth-order valence-corrected chi connectivity index (χ4v) is 2.60. The number of carbonyl (C=O) groups excluding carboxylic acids is 2. The van der Waals surface area contributed by atoms with Crippen molar-refractivity contribution in [2.45, 2.75) is 33.6 Å². The maximum atomic E-state index is 12.7. The Kier molecular flexibility index (Phi) is 6.97. The van der Waals surface area contributed by atoms with E-state index < -0.39 is 0 Å². The molecule has 1 aromatic heterocycles. The van der Waals surface area contributed by atoms with Gasteiger partial charge in [-0.15, -0.1) is 0 Å². The third-order valence-corrected chi connectivity index (χ3v) is 3.98. The number of aryl methyl sites for hydroxylation is 1. The average molecular weight is 349 g/mol. The zero-order valence-corrected chi connectivity index (χ0v) is 15.2. The second-order valence-electron chi connectivity index (χ2n) is 5.98. The third-order valence-electron chi connectivity index (χ3n) is 3.98. The Morgan fingerprint density at radius 2 is 1.84 bits per heavy atom. The SMILES string of the molecule is CCCCNc1nc(C)cc(C(=O)N2CCN(C(=O)OCC)CC2)n1. The first-order chi connectivity index (χ1) is 12.0. The molecule has 1 saturated heterocycles. The lowest BCUT2D eigenvalue weighted by molar-refractivity contribution is 0.0566. The molecule has 1 N–H and O–H groups in total. The smallest absolute Gasteiger partial charge is 0.409 e. The van der Waals surface area contributed by atoms with Crippen LogP contribution in [0.5, 0.6) is 0 Å². The van der Waals surface area contributed by atoms with Crippen LogP contribution in [-0.4, -0.2) is 71.1 Å². The average Bonchev–Trinajstić information content (AvgIpc) is 2.61. The zero-order valence-electron chi connectivity index (χ0n) is 15.2. The van der Waals surface area contributed by atoms with Crippen molar-refractivity contribution >= 4 is 17.9 Å². The molecule has 1 aromatic rings. The van der Waals surface area contributed by atoms with Gasteiger partial charge in [0.15, 0.2) is 0 Å². The summed E-state index contributed by atoms with van der Waals surface area (Å²) in [5, 5.41) is 3.16. The van der Waals surface area contributed by atoms with Gasteiger partial charge in [0.05, 0.1) is 6.61 Å². The number of nitrogens with zero attached hydrogens (tertiary/aromatic N) is 4. The quantitative estimate of drug-likeness (QED) is 0.790. The number of aromatic nitrogens is 2. The molecule has 0 radical (unpaired) electrons. The second kappa shape index (κ2) is 9.19. The number of hydrogen-bond acceptors (Lipinski definition) is 6. The van der Waals surface area contributed by atoms with Crippen LogP contribution < -0.4 is 5.32 Å². The molecular formula is C17H27N5O3. The van der Waals surface area contributed by atoms with Crippen LogP contribution in [0.2, 0.25) is 0 Å². The molecular weight excluding hydrogens is 322 g/mol. The van der Waals surface area contributed by atoms with Crippen molar-refractivity contribution in [3.8, 4) is 0 Å². The van der Waals surface area contributed by atoms with Crippen molar-refractivity contribution in [1.29, 1.82) is 0 Å². The van der Waals surface area contributed by atoms with Crippen molar-refractivity contribution in [2.24, 2.45) is 0 Å². The van der Waals surface area contributed by atoms with Crippen molar-refractivity contribution in [2.75, 3.05) is 44.6 Å². The van der Waals surface area contributed by atoms with Crippen molar-refractivity contribution in [1.82, 2.24) is 19.8 Å². The van der Waals surface area contributed by atoms with Crippen molar-refractivity contribution in [3.63, 3.8) is 0 Å². The minimum absolute atomic E-state index is 0.132. The monoisotopic (exact) mass is 349 g/mol. The Bertz CT molecular complexity index is 600. The maximum absolute atomic E-state index is 12.7. The molecule has 1 aliphatic heterocycles. The van der Waals surface area contributed by atoms with Gasteiger partial charge in [-0.25, -0.2) is 14.8 Å². The van der Waals surface area contributed by atoms with Gasteiger partial charge in [0.25, 0.3) is 5.91 Å². The third kappa shape index (κ3) is 5.30. The second-order valence-corrected chi connectivity index (χ2v) is 5.98. The van der Waals surface area contributed by atoms with Crippen LogP contribution in [0.15, 0.2) is 6.07 Å². The predicted octanol–water partition coefficient (Wildman–Crippen LogP) is 1.91. The first-order valence-electron chi connectivity index (χ1n) is 8.85. The summed E-state index contributed by atoms with van der Waals surface area (Å²) in [7, 11) is 0. The highest BCUT2D eigenvalue weighted by atomic mass is 16.6. The first kappa shape index (κ1) is 19.0. The lowest BCUT2D eigenvalue weighted by Crippen LogP contribution is -2.50. The highest BCUT2D eigenvalue weighted by molar-refractivity contribution is 5.92. The van der Waals surface area contributed by atoms with Gasteiger partial charge < -0.3 is 19.9 Å². The minimum atomic E-state index is -0.324. The van der Waals surface area contributed by atoms with E-state index in [2.05, 4.69) is 22.2 Å². The van der Waals surface area contributed by atoms with Crippen LogP contribution >= 0.6 is 0 Å². The molecule has 2 heterocycles. The molecule has 0 atom stereocenters. The van der Waals surface area contributed by atoms with Gasteiger partial charge in [-0.1, -0.05) is 13.3 Å². The standard InChI is InChI=1S/C17H27N5O3/c1-4-6-7-18-16-19-13(3)12-14(20-16)15(23)21-8-10-22(11-9-21)17(24)25-5-2/h12H,4-11H2,1-3H3,(H,18,19,20). The van der Waals surface area contributed by atoms with E-state index in [9.17, 15) is 9.59 Å². The van der Waals surface area contributed by atoms with E-state index in [4.69, 9.17) is 4.74 Å². The van der Waals surface area contributed by atoms with Gasteiger partial charge in [-0.3, -0.25) is 4.79 Å². The van der Waals surface area contributed by atoms with Crippen molar-refractivity contribution < 1.29 is 14.3 Å². The van der Waals surface area contributed by atoms with Gasteiger partial charge in [0, 0.05) is 38.4 Å². The molecule has 8 nitrogen and oxygen atoms in total. The van der Waals surface area contributed by atoms with Crippen LogP contribution in [0.3, 0.4) is 0 Å². The number of piperazine rings is 1. The molecule has 0 spiro atoms. The van der Waals surface area contributed by atoms with Gasteiger partial charge >= 0.3 is 6.09 Å². The molecule has 2 amide bonds. The molecule has 0 aliphatic carbocycles. The lowest BCUT2D eigenvalue weighted by atomic mass is 10.2. The fourth-order valence-electron chi connectivity index (χ4n) is 2.60. The van der Waals surface area contributed by atoms with E-state index >= 15 is 0 Å². The Hall–Kier alpha value is -2.38. The Morgan fingerprint density at radius 1 is 1.16 bits per heavy atom. The Balaban J connectivity index is 1.97. The summed E-state index contributed by atoms with van der Waals surface area (Å²) in [6.07, 6.45) is 1.78. The summed E-state index contributed by atoms with van der Waals surface area (Å²) in [6.45, 7) is 8.76. The number of amides is 2. The molecule has 138 valence electrons. The minimum Gasteiger partial charge on any atom is -0.450 e. The molecule has 2 rings (SSSR count). The number of anilines is 1. The first-order valence-corrected chi connectivity index (χ1v) is 8.85. The van der Waals surface area contributed by atoms with E-state index in [0.29, 0.717) is 44.4 Å². The summed E-state index contributed by atoms with van der Waals surface area (Å²) >= 11 is 0. The topological polar surface area (TPSA) is 87.7 Å². The van der Waals surface area contributed by atoms with E-state index in [1.165, 1.54) is 0 Å². The van der Waals surface area contributed by atoms with Crippen LogP contribution in [0.1, 0.15) is 42.9 Å². The molecule has 1 aliphatic rings. The summed E-state index contributed by atoms with van der Waals surface area (Å²) in [6, 6.07) is 1.70. The van der Waals surface area contributed by atoms with E-state index in [1.807, 2.05) is 6.92 Å². The largest absolute Gasteiger partial charge is 0.450 e. The molecule has 0 saturated carbocycles. The van der Waals surface area contributed by atoms with E-state index in [-0.39, 0.29) is 12.0 Å². The highest BCUT2D eigenvalue weighted by Gasteiger charge is 2.26. The number of hydrogen-bond donors (Lipinski definition) is 1. The van der Waals surface area contributed by atoms with Gasteiger partial charge in [0.1, 0.15) is 5.69 Å². The molecule has 8 heteroatoms. The predicted molar refractivity (Wildman–Crippen MR) is 94.7 cm³/mol. The zero-order chi connectivity index (χ0) is 18.2. The summed E-state index contributed by atoms with van der Waals surface area (Å²) < 4.78 is 4.99. The summed E-state index contributed by atoms with van der Waals surface area (Å²) in [5.74, 6) is 0.356. The van der Waals surface area contributed by atoms with Gasteiger partial charge in [-0.05, 0) is 26.3 Å². The van der Waals surface area contributed by atoms with Gasteiger partial charge in [0.2, 0.25) is 5.95 Å². The molecule has 0 unspecified atom stereocenters. The molecule has 1 fully saturated rings. The van der Waals surface area contributed by atoms with Gasteiger partial charge in [-0.2, -0.15) is 0 Å². The molecule has 0 bridgehead atoms.